The van der Waals surface area contributed by atoms with Gasteiger partial charge in [0, 0.05) is 36.4 Å². The molecular weight excluding hydrogens is 560 g/mol. The Morgan fingerprint density at radius 1 is 0.659 bits per heavy atom. The van der Waals surface area contributed by atoms with Crippen LogP contribution in [0, 0.1) is 5.92 Å². The van der Waals surface area contributed by atoms with Crippen LogP contribution in [-0.2, 0) is 32.2 Å². The van der Waals surface area contributed by atoms with Crippen LogP contribution in [0.5, 0.6) is 0 Å². The van der Waals surface area contributed by atoms with Crippen LogP contribution in [-0.4, -0.2) is 55.4 Å². The van der Waals surface area contributed by atoms with Gasteiger partial charge in [0.1, 0.15) is 13.2 Å². The standard InChI is InChI=1S/C18H28N2O3.C16H26N2O3/c1-12(2)10-17(21)14(5)20-18(22)23-11-15-6-8-16(9-7-15)19-13(3)4;1-12(2)18-15-7-5-14(6-8-15)11-21-16(19)17-9-10-20-13(3)4/h6-9,12-14,19H,10-11H2,1-5H3,(H,20,22);5-8,12-13,18H,9-11H2,1-4H3,(H,17,19). The molecule has 246 valence electrons. The molecule has 0 radical (unpaired) electrons. The van der Waals surface area contributed by atoms with Crippen molar-refractivity contribution in [1.29, 1.82) is 0 Å². The van der Waals surface area contributed by atoms with Gasteiger partial charge in [0.15, 0.2) is 5.78 Å². The van der Waals surface area contributed by atoms with Crippen LogP contribution in [0.25, 0.3) is 0 Å². The Bertz CT molecular complexity index is 1100. The minimum atomic E-state index is -0.570. The SMILES string of the molecule is CC(C)CC(=O)C(C)NC(=O)OCc1ccc(NC(C)C)cc1.CC(C)Nc1ccc(COC(=O)NCCOC(C)C)cc1. The van der Waals surface area contributed by atoms with Gasteiger partial charge in [-0.2, -0.15) is 0 Å². The fraction of sp³-hybridized carbons (Fsp3) is 0.559. The Kier molecular flexibility index (Phi) is 18.2. The zero-order valence-corrected chi connectivity index (χ0v) is 28.0. The van der Waals surface area contributed by atoms with Gasteiger partial charge in [0.05, 0.1) is 18.8 Å². The lowest BCUT2D eigenvalue weighted by Gasteiger charge is -2.14. The van der Waals surface area contributed by atoms with Gasteiger partial charge in [-0.1, -0.05) is 38.1 Å². The Balaban J connectivity index is 0.000000442. The van der Waals surface area contributed by atoms with E-state index in [4.69, 9.17) is 14.2 Å². The molecule has 0 aliphatic carbocycles. The topological polar surface area (TPSA) is 127 Å². The number of amides is 2. The summed E-state index contributed by atoms with van der Waals surface area (Å²) in [6, 6.07) is 15.8. The molecule has 2 aromatic rings. The molecule has 1 unspecified atom stereocenters. The van der Waals surface area contributed by atoms with Gasteiger partial charge in [-0.25, -0.2) is 9.59 Å². The second kappa shape index (κ2) is 21.0. The average molecular weight is 615 g/mol. The molecule has 0 aliphatic rings. The molecule has 0 spiro atoms. The van der Waals surface area contributed by atoms with Crippen LogP contribution in [0.15, 0.2) is 48.5 Å². The van der Waals surface area contributed by atoms with Gasteiger partial charge in [0.25, 0.3) is 0 Å². The summed E-state index contributed by atoms with van der Waals surface area (Å²) in [5, 5.41) is 11.8. The summed E-state index contributed by atoms with van der Waals surface area (Å²) in [5.74, 6) is 0.293. The number of carbonyl (C=O) groups excluding carboxylic acids is 3. The normalized spacial score (nSPS) is 11.5. The van der Waals surface area contributed by atoms with Crippen molar-refractivity contribution in [3.63, 3.8) is 0 Å². The second-order valence-electron chi connectivity index (χ2n) is 11.9. The monoisotopic (exact) mass is 614 g/mol. The van der Waals surface area contributed by atoms with Gasteiger partial charge in [-0.15, -0.1) is 0 Å². The second-order valence-corrected chi connectivity index (χ2v) is 11.9. The van der Waals surface area contributed by atoms with E-state index >= 15 is 0 Å². The average Bonchev–Trinajstić information content (AvgIpc) is 2.94. The fourth-order valence-electron chi connectivity index (χ4n) is 3.74. The van der Waals surface area contributed by atoms with Crippen molar-refractivity contribution in [3.05, 3.63) is 59.7 Å². The first-order valence-corrected chi connectivity index (χ1v) is 15.4. The third kappa shape index (κ3) is 18.7. The molecule has 0 fully saturated rings. The van der Waals surface area contributed by atoms with Gasteiger partial charge in [0.2, 0.25) is 0 Å². The van der Waals surface area contributed by atoms with Crippen molar-refractivity contribution < 1.29 is 28.6 Å². The maximum absolute atomic E-state index is 11.8. The van der Waals surface area contributed by atoms with Gasteiger partial charge < -0.3 is 35.5 Å². The van der Waals surface area contributed by atoms with Crippen LogP contribution < -0.4 is 21.3 Å². The molecule has 1 atom stereocenters. The maximum atomic E-state index is 11.8. The molecular formula is C34H54N4O6. The van der Waals surface area contributed by atoms with Crippen LogP contribution >= 0.6 is 0 Å². The molecule has 0 saturated carbocycles. The Labute approximate surface area is 264 Å². The summed E-state index contributed by atoms with van der Waals surface area (Å²) < 4.78 is 15.6. The number of Topliss-reactive ketones (excluding diaryl/α,β-unsaturated/α-hetero) is 1. The molecule has 10 nitrogen and oxygen atoms in total. The lowest BCUT2D eigenvalue weighted by atomic mass is 10.0. The Morgan fingerprint density at radius 2 is 1.11 bits per heavy atom. The predicted octanol–water partition coefficient (Wildman–Crippen LogP) is 6.89. The van der Waals surface area contributed by atoms with E-state index in [1.54, 1.807) is 6.92 Å². The molecule has 10 heteroatoms. The van der Waals surface area contributed by atoms with E-state index in [1.165, 1.54) is 0 Å². The Hall–Kier alpha value is -3.79. The lowest BCUT2D eigenvalue weighted by Crippen LogP contribution is -2.39. The van der Waals surface area contributed by atoms with Crippen molar-refractivity contribution in [3.8, 4) is 0 Å². The molecule has 44 heavy (non-hydrogen) atoms. The number of anilines is 2. The number of ether oxygens (including phenoxy) is 3. The molecule has 2 aromatic carbocycles. The number of rotatable bonds is 16. The van der Waals surface area contributed by atoms with E-state index in [-0.39, 0.29) is 31.0 Å². The number of ketones is 1. The van der Waals surface area contributed by atoms with Crippen molar-refractivity contribution >= 4 is 29.3 Å². The first-order valence-electron chi connectivity index (χ1n) is 15.4. The molecule has 0 bridgehead atoms. The zero-order chi connectivity index (χ0) is 33.1. The number of benzene rings is 2. The number of hydrogen-bond donors (Lipinski definition) is 4. The van der Waals surface area contributed by atoms with Crippen LogP contribution in [0.2, 0.25) is 0 Å². The number of hydrogen-bond acceptors (Lipinski definition) is 8. The van der Waals surface area contributed by atoms with E-state index in [0.29, 0.717) is 31.7 Å². The van der Waals surface area contributed by atoms with Gasteiger partial charge in [-0.05, 0) is 89.8 Å². The van der Waals surface area contributed by atoms with Crippen molar-refractivity contribution in [2.75, 3.05) is 23.8 Å². The van der Waals surface area contributed by atoms with Crippen molar-refractivity contribution in [2.45, 2.75) is 106 Å². The molecule has 0 saturated heterocycles. The van der Waals surface area contributed by atoms with E-state index in [0.717, 1.165) is 22.5 Å². The van der Waals surface area contributed by atoms with Crippen LogP contribution in [0.3, 0.4) is 0 Å². The molecule has 2 amide bonds. The molecule has 0 aliphatic heterocycles. The predicted molar refractivity (Wildman–Crippen MR) is 177 cm³/mol. The van der Waals surface area contributed by atoms with Crippen LogP contribution in [0.4, 0.5) is 21.0 Å². The van der Waals surface area contributed by atoms with E-state index in [2.05, 4.69) is 49.0 Å². The quantitative estimate of drug-likeness (QED) is 0.151. The summed E-state index contributed by atoms with van der Waals surface area (Å²) in [6.07, 6.45) is -0.377. The summed E-state index contributed by atoms with van der Waals surface area (Å²) in [6.45, 7) is 19.2. The number of carbonyl (C=O) groups is 3. The molecule has 0 aromatic heterocycles. The minimum absolute atomic E-state index is 0.0149. The smallest absolute Gasteiger partial charge is 0.408 e. The Morgan fingerprint density at radius 3 is 1.52 bits per heavy atom. The summed E-state index contributed by atoms with van der Waals surface area (Å²) in [5.41, 5.74) is 3.94. The highest BCUT2D eigenvalue weighted by molar-refractivity contribution is 5.87. The zero-order valence-electron chi connectivity index (χ0n) is 28.0. The van der Waals surface area contributed by atoms with Crippen LogP contribution in [0.1, 0.15) is 79.9 Å². The molecule has 0 heterocycles. The van der Waals surface area contributed by atoms with Crippen molar-refractivity contribution in [2.24, 2.45) is 5.92 Å². The third-order valence-corrected chi connectivity index (χ3v) is 5.81. The van der Waals surface area contributed by atoms with Crippen molar-refractivity contribution in [1.82, 2.24) is 10.6 Å². The molecule has 2 rings (SSSR count). The summed E-state index contributed by atoms with van der Waals surface area (Å²) in [4.78, 5) is 35.0. The minimum Gasteiger partial charge on any atom is -0.445 e. The molecule has 4 N–H and O–H groups in total. The maximum Gasteiger partial charge on any atom is 0.408 e. The lowest BCUT2D eigenvalue weighted by molar-refractivity contribution is -0.121. The van der Waals surface area contributed by atoms with Gasteiger partial charge in [-0.3, -0.25) is 4.79 Å². The van der Waals surface area contributed by atoms with Gasteiger partial charge >= 0.3 is 12.2 Å². The first-order chi connectivity index (χ1) is 20.7. The number of nitrogens with one attached hydrogen (secondary N) is 4. The highest BCUT2D eigenvalue weighted by Gasteiger charge is 2.17. The largest absolute Gasteiger partial charge is 0.445 e. The van der Waals surface area contributed by atoms with E-state index < -0.39 is 18.2 Å². The fourth-order valence-corrected chi connectivity index (χ4v) is 3.74. The number of alkyl carbamates (subject to hydrolysis) is 2. The highest BCUT2D eigenvalue weighted by atomic mass is 16.6. The summed E-state index contributed by atoms with van der Waals surface area (Å²) in [7, 11) is 0. The van der Waals surface area contributed by atoms with E-state index in [9.17, 15) is 14.4 Å². The first kappa shape index (κ1) is 38.2. The summed E-state index contributed by atoms with van der Waals surface area (Å²) >= 11 is 0. The van der Waals surface area contributed by atoms with E-state index in [1.807, 2.05) is 76.2 Å². The third-order valence-electron chi connectivity index (χ3n) is 5.81. The highest BCUT2D eigenvalue weighted by Crippen LogP contribution is 2.13.